The van der Waals surface area contributed by atoms with Gasteiger partial charge in [0.1, 0.15) is 0 Å². The molecule has 0 unspecified atom stereocenters. The van der Waals surface area contributed by atoms with Crippen LogP contribution in [0.3, 0.4) is 0 Å². The van der Waals surface area contributed by atoms with E-state index in [1.807, 2.05) is 24.3 Å². The number of hydrogen-bond donors (Lipinski definition) is 1. The highest BCUT2D eigenvalue weighted by Crippen LogP contribution is 2.26. The van der Waals surface area contributed by atoms with Gasteiger partial charge in [0.15, 0.2) is 5.69 Å². The standard InChI is InChI=1S/C7H8ClNOS/c1-10-9-6-4-2-3-5-7(6)11-8/h2-5,9H,1H3/p+1. The Morgan fingerprint density at radius 1 is 1.45 bits per heavy atom. The fourth-order valence-corrected chi connectivity index (χ4v) is 1.53. The number of rotatable bonds is 3. The number of nitrogens with two attached hydrogens (primary N) is 1. The van der Waals surface area contributed by atoms with Gasteiger partial charge in [-0.25, -0.2) is 4.84 Å². The van der Waals surface area contributed by atoms with E-state index in [1.165, 1.54) is 11.0 Å². The smallest absolute Gasteiger partial charge is 0.176 e. The van der Waals surface area contributed by atoms with E-state index in [9.17, 15) is 0 Å². The van der Waals surface area contributed by atoms with Crippen LogP contribution in [-0.4, -0.2) is 7.11 Å². The van der Waals surface area contributed by atoms with Crippen molar-refractivity contribution >= 4 is 27.3 Å². The Morgan fingerprint density at radius 2 is 2.18 bits per heavy atom. The second kappa shape index (κ2) is 4.62. The lowest BCUT2D eigenvalue weighted by Gasteiger charge is -1.99. The minimum absolute atomic E-state index is 1.01. The first-order valence-electron chi connectivity index (χ1n) is 3.12. The third-order valence-corrected chi connectivity index (χ3v) is 2.28. The molecule has 1 rings (SSSR count). The van der Waals surface area contributed by atoms with E-state index in [1.54, 1.807) is 12.6 Å². The Labute approximate surface area is 74.3 Å². The molecular weight excluding hydrogens is 182 g/mol. The van der Waals surface area contributed by atoms with Gasteiger partial charge in [-0.1, -0.05) is 12.1 Å². The van der Waals surface area contributed by atoms with Gasteiger partial charge in [0.25, 0.3) is 0 Å². The number of halogens is 1. The van der Waals surface area contributed by atoms with Crippen molar-refractivity contribution < 1.29 is 10.3 Å². The van der Waals surface area contributed by atoms with Crippen LogP contribution in [0.1, 0.15) is 0 Å². The summed E-state index contributed by atoms with van der Waals surface area (Å²) < 4.78 is 0. The highest BCUT2D eigenvalue weighted by molar-refractivity contribution is 8.21. The van der Waals surface area contributed by atoms with Gasteiger partial charge in [0.05, 0.1) is 12.0 Å². The van der Waals surface area contributed by atoms with Crippen molar-refractivity contribution in [2.24, 2.45) is 0 Å². The summed E-state index contributed by atoms with van der Waals surface area (Å²) in [5.74, 6) is 0. The molecule has 0 aliphatic rings. The van der Waals surface area contributed by atoms with E-state index in [-0.39, 0.29) is 0 Å². The molecule has 60 valence electrons. The lowest BCUT2D eigenvalue weighted by Crippen LogP contribution is -2.76. The molecule has 0 bridgehead atoms. The molecule has 0 radical (unpaired) electrons. The molecule has 0 saturated carbocycles. The highest BCUT2D eigenvalue weighted by atomic mass is 35.7. The van der Waals surface area contributed by atoms with Crippen LogP contribution in [-0.2, 0) is 4.84 Å². The average Bonchev–Trinajstić information content (AvgIpc) is 2.06. The molecule has 0 fully saturated rings. The SMILES string of the molecule is CO[NH2+]c1ccccc1SCl. The average molecular weight is 191 g/mol. The fraction of sp³-hybridized carbons (Fsp3) is 0.143. The summed E-state index contributed by atoms with van der Waals surface area (Å²) in [4.78, 5) is 5.88. The Morgan fingerprint density at radius 3 is 2.82 bits per heavy atom. The molecule has 2 nitrogen and oxygen atoms in total. The summed E-state index contributed by atoms with van der Waals surface area (Å²) in [6.45, 7) is 0. The first-order chi connectivity index (χ1) is 5.38. The third-order valence-electron chi connectivity index (χ3n) is 1.25. The van der Waals surface area contributed by atoms with E-state index in [0.717, 1.165) is 10.6 Å². The molecule has 0 heterocycles. The predicted octanol–water partition coefficient (Wildman–Crippen LogP) is 1.69. The maximum absolute atomic E-state index is 5.61. The maximum atomic E-state index is 5.61. The lowest BCUT2D eigenvalue weighted by atomic mass is 10.3. The third kappa shape index (κ3) is 2.38. The number of quaternary nitrogens is 1. The predicted molar refractivity (Wildman–Crippen MR) is 46.7 cm³/mol. The molecule has 0 aliphatic carbocycles. The van der Waals surface area contributed by atoms with Crippen LogP contribution in [0.5, 0.6) is 0 Å². The van der Waals surface area contributed by atoms with E-state index >= 15 is 0 Å². The van der Waals surface area contributed by atoms with Crippen LogP contribution in [0.4, 0.5) is 5.69 Å². The molecule has 0 saturated heterocycles. The Bertz CT molecular complexity index is 231. The van der Waals surface area contributed by atoms with Crippen LogP contribution in [0.2, 0.25) is 0 Å². The second-order valence-electron chi connectivity index (χ2n) is 1.97. The van der Waals surface area contributed by atoms with Gasteiger partial charge in [-0.05, 0) is 27.7 Å². The normalized spacial score (nSPS) is 10.0. The Kier molecular flexibility index (Phi) is 3.72. The van der Waals surface area contributed by atoms with Crippen LogP contribution in [0, 0.1) is 0 Å². The Hall–Kier alpha value is -0.220. The van der Waals surface area contributed by atoms with Crippen molar-refractivity contribution in [1.82, 2.24) is 0 Å². The van der Waals surface area contributed by atoms with Crippen molar-refractivity contribution in [2.45, 2.75) is 4.90 Å². The summed E-state index contributed by atoms with van der Waals surface area (Å²) >= 11 is 0. The summed E-state index contributed by atoms with van der Waals surface area (Å²) in [7, 11) is 8.43. The van der Waals surface area contributed by atoms with E-state index in [4.69, 9.17) is 15.5 Å². The van der Waals surface area contributed by atoms with Gasteiger partial charge >= 0.3 is 0 Å². The topological polar surface area (TPSA) is 25.8 Å². The molecule has 0 aromatic heterocycles. The molecule has 2 N–H and O–H groups in total. The van der Waals surface area contributed by atoms with Gasteiger partial charge in [-0.15, -0.1) is 0 Å². The maximum Gasteiger partial charge on any atom is 0.176 e. The molecular formula is C7H9ClNOS+. The summed E-state index contributed by atoms with van der Waals surface area (Å²) in [5.41, 5.74) is 2.68. The highest BCUT2D eigenvalue weighted by Gasteiger charge is 2.03. The first-order valence-corrected chi connectivity index (χ1v) is 4.76. The van der Waals surface area contributed by atoms with Crippen LogP contribution in [0.15, 0.2) is 29.2 Å². The molecule has 1 aromatic rings. The molecule has 1 aromatic carbocycles. The van der Waals surface area contributed by atoms with Gasteiger partial charge in [0.2, 0.25) is 0 Å². The second-order valence-corrected chi connectivity index (χ2v) is 3.03. The van der Waals surface area contributed by atoms with E-state index < -0.39 is 0 Å². The molecule has 0 spiro atoms. The quantitative estimate of drug-likeness (QED) is 0.580. The first kappa shape index (κ1) is 8.87. The van der Waals surface area contributed by atoms with Gasteiger partial charge < -0.3 is 0 Å². The fourth-order valence-electron chi connectivity index (χ4n) is 0.775. The van der Waals surface area contributed by atoms with Crippen LogP contribution in [0.25, 0.3) is 0 Å². The van der Waals surface area contributed by atoms with Crippen molar-refractivity contribution in [3.05, 3.63) is 24.3 Å². The van der Waals surface area contributed by atoms with Gasteiger partial charge in [-0.3, -0.25) is 0 Å². The number of hydrogen-bond acceptors (Lipinski definition) is 2. The van der Waals surface area contributed by atoms with E-state index in [2.05, 4.69) is 0 Å². The van der Waals surface area contributed by atoms with Crippen LogP contribution >= 0.6 is 21.7 Å². The lowest BCUT2D eigenvalue weighted by molar-refractivity contribution is -0.831. The summed E-state index contributed by atoms with van der Waals surface area (Å²) in [6, 6.07) is 7.79. The molecule has 4 heteroatoms. The monoisotopic (exact) mass is 190 g/mol. The van der Waals surface area contributed by atoms with Crippen LogP contribution < -0.4 is 5.48 Å². The Balaban J connectivity index is 2.83. The minimum Gasteiger partial charge on any atom is -0.204 e. The number of benzene rings is 1. The summed E-state index contributed by atoms with van der Waals surface area (Å²) in [5, 5.41) is 0. The zero-order valence-electron chi connectivity index (χ0n) is 6.08. The van der Waals surface area contributed by atoms with Gasteiger partial charge in [-0.2, -0.15) is 5.48 Å². The molecule has 0 aliphatic heterocycles. The zero-order chi connectivity index (χ0) is 8.10. The van der Waals surface area contributed by atoms with Gasteiger partial charge in [0, 0.05) is 6.07 Å². The largest absolute Gasteiger partial charge is 0.204 e. The van der Waals surface area contributed by atoms with Crippen molar-refractivity contribution in [3.63, 3.8) is 0 Å². The zero-order valence-corrected chi connectivity index (χ0v) is 7.65. The molecule has 11 heavy (non-hydrogen) atoms. The van der Waals surface area contributed by atoms with Crippen molar-refractivity contribution in [2.75, 3.05) is 7.11 Å². The van der Waals surface area contributed by atoms with Crippen molar-refractivity contribution in [1.29, 1.82) is 0 Å². The molecule has 0 atom stereocenters. The summed E-state index contributed by atoms with van der Waals surface area (Å²) in [6.07, 6.45) is 0. The van der Waals surface area contributed by atoms with E-state index in [0.29, 0.717) is 0 Å². The minimum atomic E-state index is 1.01. The molecule has 0 amide bonds. The van der Waals surface area contributed by atoms with Crippen molar-refractivity contribution in [3.8, 4) is 0 Å².